The number of ether oxygens (including phenoxy) is 2. The summed E-state index contributed by atoms with van der Waals surface area (Å²) in [6, 6.07) is 12.0. The largest absolute Gasteiger partial charge is 0.454 e. The molecular formula is C23H28N2O3. The number of carbonyl (C=O) groups is 1. The molecule has 0 spiro atoms. The van der Waals surface area contributed by atoms with Crippen molar-refractivity contribution in [2.45, 2.75) is 57.9 Å². The van der Waals surface area contributed by atoms with Gasteiger partial charge in [-0.2, -0.15) is 0 Å². The number of hydrogen-bond acceptors (Lipinski definition) is 4. The average Bonchev–Trinajstić information content (AvgIpc) is 3.22. The fraction of sp³-hybridized carbons (Fsp3) is 0.478. The Bertz CT molecular complexity index is 818. The summed E-state index contributed by atoms with van der Waals surface area (Å²) in [5, 5.41) is 0. The summed E-state index contributed by atoms with van der Waals surface area (Å²) < 4.78 is 10.9. The second kappa shape index (κ2) is 8.21. The maximum atomic E-state index is 13.6. The maximum absolute atomic E-state index is 13.6. The fourth-order valence-electron chi connectivity index (χ4n) is 4.23. The van der Waals surface area contributed by atoms with Gasteiger partial charge in [-0.25, -0.2) is 4.98 Å². The Morgan fingerprint density at radius 3 is 2.61 bits per heavy atom. The molecule has 2 heterocycles. The van der Waals surface area contributed by atoms with Gasteiger partial charge in [-0.3, -0.25) is 9.69 Å². The molecule has 5 nitrogen and oxygen atoms in total. The number of rotatable bonds is 5. The molecule has 1 amide bonds. The van der Waals surface area contributed by atoms with E-state index in [-0.39, 0.29) is 30.6 Å². The summed E-state index contributed by atoms with van der Waals surface area (Å²) in [6.45, 7) is 4.39. The highest BCUT2D eigenvalue weighted by molar-refractivity contribution is 5.95. The second-order valence-corrected chi connectivity index (χ2v) is 7.88. The van der Waals surface area contributed by atoms with Gasteiger partial charge in [0.15, 0.2) is 11.5 Å². The first-order valence-electron chi connectivity index (χ1n) is 10.3. The van der Waals surface area contributed by atoms with Crippen molar-refractivity contribution in [2.24, 2.45) is 5.92 Å². The van der Waals surface area contributed by atoms with E-state index in [2.05, 4.69) is 11.9 Å². The first-order valence-corrected chi connectivity index (χ1v) is 10.3. The van der Waals surface area contributed by atoms with Crippen LogP contribution in [0.1, 0.15) is 57.4 Å². The quantitative estimate of drug-likeness (QED) is 0.739. The molecule has 2 aliphatic rings. The minimum atomic E-state index is -0.163. The van der Waals surface area contributed by atoms with Crippen LogP contribution in [0.5, 0.6) is 11.5 Å². The molecule has 148 valence electrons. The number of benzene rings is 1. The first kappa shape index (κ1) is 18.8. The number of fused-ring (bicyclic) bond motifs is 1. The van der Waals surface area contributed by atoms with E-state index in [9.17, 15) is 4.79 Å². The van der Waals surface area contributed by atoms with Crippen LogP contribution < -0.4 is 14.4 Å². The van der Waals surface area contributed by atoms with Crippen molar-refractivity contribution in [1.29, 1.82) is 0 Å². The van der Waals surface area contributed by atoms with E-state index in [0.29, 0.717) is 0 Å². The summed E-state index contributed by atoms with van der Waals surface area (Å²) in [6.07, 6.45) is 7.47. The lowest BCUT2D eigenvalue weighted by molar-refractivity contribution is -0.123. The normalized spacial score (nSPS) is 18.5. The van der Waals surface area contributed by atoms with Crippen molar-refractivity contribution < 1.29 is 14.3 Å². The van der Waals surface area contributed by atoms with Gasteiger partial charge in [-0.1, -0.05) is 45.2 Å². The number of aromatic nitrogens is 1. The smallest absolute Gasteiger partial charge is 0.231 e. The number of amides is 1. The highest BCUT2D eigenvalue weighted by Gasteiger charge is 2.33. The Balaban J connectivity index is 1.58. The highest BCUT2D eigenvalue weighted by atomic mass is 16.7. The molecular weight excluding hydrogens is 352 g/mol. The molecule has 0 bridgehead atoms. The van der Waals surface area contributed by atoms with Crippen LogP contribution in [-0.4, -0.2) is 23.7 Å². The minimum Gasteiger partial charge on any atom is -0.454 e. The van der Waals surface area contributed by atoms with Gasteiger partial charge in [0.1, 0.15) is 5.82 Å². The molecule has 1 aliphatic heterocycles. The van der Waals surface area contributed by atoms with Gasteiger partial charge < -0.3 is 9.47 Å². The SMILES string of the molecule is CC(C(=O)N(c1ccccn1)C1CCCCC1)C(C)c1ccc2c(c1)OCO2. The lowest BCUT2D eigenvalue weighted by Gasteiger charge is -2.36. The van der Waals surface area contributed by atoms with Gasteiger partial charge in [0, 0.05) is 18.2 Å². The van der Waals surface area contributed by atoms with E-state index < -0.39 is 0 Å². The third-order valence-corrected chi connectivity index (χ3v) is 6.14. The third kappa shape index (κ3) is 3.71. The standard InChI is InChI=1S/C23H28N2O3/c1-16(18-11-12-20-21(14-18)28-15-27-20)17(2)23(26)25(19-8-4-3-5-9-19)22-10-6-7-13-24-22/h6-7,10-14,16-17,19H,3-5,8-9,15H2,1-2H3. The van der Waals surface area contributed by atoms with Crippen LogP contribution in [-0.2, 0) is 4.79 Å². The zero-order valence-corrected chi connectivity index (χ0v) is 16.6. The molecule has 0 radical (unpaired) electrons. The van der Waals surface area contributed by atoms with E-state index >= 15 is 0 Å². The number of nitrogens with zero attached hydrogens (tertiary/aromatic N) is 2. The second-order valence-electron chi connectivity index (χ2n) is 7.88. The Hall–Kier alpha value is -2.56. The van der Waals surface area contributed by atoms with Crippen molar-refractivity contribution in [3.8, 4) is 11.5 Å². The van der Waals surface area contributed by atoms with Crippen LogP contribution >= 0.6 is 0 Å². The molecule has 4 rings (SSSR count). The summed E-state index contributed by atoms with van der Waals surface area (Å²) in [5.74, 6) is 2.35. The lowest BCUT2D eigenvalue weighted by Crippen LogP contribution is -2.45. The highest BCUT2D eigenvalue weighted by Crippen LogP contribution is 2.37. The van der Waals surface area contributed by atoms with Crippen molar-refractivity contribution in [3.63, 3.8) is 0 Å². The van der Waals surface area contributed by atoms with Gasteiger partial charge in [-0.05, 0) is 48.6 Å². The number of pyridine rings is 1. The van der Waals surface area contributed by atoms with Crippen molar-refractivity contribution in [1.82, 2.24) is 4.98 Å². The van der Waals surface area contributed by atoms with Crippen LogP contribution in [0.2, 0.25) is 0 Å². The molecule has 1 saturated carbocycles. The third-order valence-electron chi connectivity index (χ3n) is 6.14. The summed E-state index contributed by atoms with van der Waals surface area (Å²) >= 11 is 0. The molecule has 0 N–H and O–H groups in total. The van der Waals surface area contributed by atoms with Gasteiger partial charge in [0.05, 0.1) is 0 Å². The fourth-order valence-corrected chi connectivity index (χ4v) is 4.23. The minimum absolute atomic E-state index is 0.0665. The molecule has 2 aromatic rings. The van der Waals surface area contributed by atoms with Crippen LogP contribution in [0.4, 0.5) is 5.82 Å². The molecule has 5 heteroatoms. The molecule has 1 aliphatic carbocycles. The van der Waals surface area contributed by atoms with Crippen molar-refractivity contribution in [3.05, 3.63) is 48.2 Å². The number of carbonyl (C=O) groups excluding carboxylic acids is 1. The van der Waals surface area contributed by atoms with Crippen LogP contribution in [0.3, 0.4) is 0 Å². The predicted octanol–water partition coefficient (Wildman–Crippen LogP) is 4.92. The van der Waals surface area contributed by atoms with Gasteiger partial charge in [0.2, 0.25) is 12.7 Å². The lowest BCUT2D eigenvalue weighted by atomic mass is 9.86. The van der Waals surface area contributed by atoms with E-state index in [1.54, 1.807) is 6.20 Å². The van der Waals surface area contributed by atoms with Crippen molar-refractivity contribution in [2.75, 3.05) is 11.7 Å². The van der Waals surface area contributed by atoms with Crippen LogP contribution in [0.25, 0.3) is 0 Å². The summed E-state index contributed by atoms with van der Waals surface area (Å²) in [5.41, 5.74) is 1.09. The summed E-state index contributed by atoms with van der Waals surface area (Å²) in [4.78, 5) is 20.1. The Morgan fingerprint density at radius 2 is 1.86 bits per heavy atom. The topological polar surface area (TPSA) is 51.7 Å². The molecule has 0 saturated heterocycles. The van der Waals surface area contributed by atoms with E-state index in [0.717, 1.165) is 35.7 Å². The maximum Gasteiger partial charge on any atom is 0.231 e. The van der Waals surface area contributed by atoms with Crippen LogP contribution in [0.15, 0.2) is 42.6 Å². The molecule has 1 fully saturated rings. The number of hydrogen-bond donors (Lipinski definition) is 0. The van der Waals surface area contributed by atoms with Gasteiger partial charge >= 0.3 is 0 Å². The molecule has 28 heavy (non-hydrogen) atoms. The van der Waals surface area contributed by atoms with E-state index in [1.165, 1.54) is 19.3 Å². The molecule has 2 atom stereocenters. The Kier molecular flexibility index (Phi) is 5.51. The van der Waals surface area contributed by atoms with Gasteiger partial charge in [-0.15, -0.1) is 0 Å². The van der Waals surface area contributed by atoms with Crippen molar-refractivity contribution >= 4 is 11.7 Å². The first-order chi connectivity index (χ1) is 13.6. The molecule has 2 unspecified atom stereocenters. The monoisotopic (exact) mass is 380 g/mol. The predicted molar refractivity (Wildman–Crippen MR) is 109 cm³/mol. The number of anilines is 1. The van der Waals surface area contributed by atoms with E-state index in [1.807, 2.05) is 48.2 Å². The van der Waals surface area contributed by atoms with Crippen LogP contribution in [0, 0.1) is 5.92 Å². The zero-order chi connectivity index (χ0) is 19.5. The molecule has 1 aromatic carbocycles. The Labute approximate surface area is 166 Å². The zero-order valence-electron chi connectivity index (χ0n) is 16.6. The van der Waals surface area contributed by atoms with E-state index in [4.69, 9.17) is 9.47 Å². The molecule has 1 aromatic heterocycles. The average molecular weight is 380 g/mol. The van der Waals surface area contributed by atoms with Gasteiger partial charge in [0.25, 0.3) is 0 Å². The Morgan fingerprint density at radius 1 is 1.07 bits per heavy atom. The summed E-state index contributed by atoms with van der Waals surface area (Å²) in [7, 11) is 0.